The van der Waals surface area contributed by atoms with Gasteiger partial charge in [0, 0.05) is 52.1 Å². The van der Waals surface area contributed by atoms with Gasteiger partial charge in [0.15, 0.2) is 5.60 Å². The van der Waals surface area contributed by atoms with Crippen molar-refractivity contribution in [2.45, 2.75) is 26.4 Å². The Morgan fingerprint density at radius 2 is 1.49 bits per heavy atom. The zero-order valence-electron chi connectivity index (χ0n) is 23.3. The molecule has 2 aliphatic rings. The molecule has 5 heteroatoms. The van der Waals surface area contributed by atoms with Crippen LogP contribution in [0.4, 0.5) is 22.7 Å². The molecule has 0 aromatic heterocycles. The molecule has 5 nitrogen and oxygen atoms in total. The highest BCUT2D eigenvalue weighted by atomic mass is 16.6. The summed E-state index contributed by atoms with van der Waals surface area (Å²) in [6.45, 7) is 7.08. The SMILES string of the molecule is CCN(c1ccc(C)cc1)c1ccc2c(c1)Oc1ccc(Nc3ccccc3C)cc1C21OC(=O)c2ccccc21. The molecule has 1 N–H and O–H groups in total. The van der Waals surface area contributed by atoms with Gasteiger partial charge >= 0.3 is 5.97 Å². The number of hydrogen-bond acceptors (Lipinski definition) is 5. The molecule has 1 spiro atoms. The first kappa shape index (κ1) is 25.0. The number of anilines is 4. The van der Waals surface area contributed by atoms with Crippen molar-refractivity contribution in [2.75, 3.05) is 16.8 Å². The van der Waals surface area contributed by atoms with Crippen LogP contribution in [-0.2, 0) is 10.3 Å². The van der Waals surface area contributed by atoms with Crippen LogP contribution >= 0.6 is 0 Å². The van der Waals surface area contributed by atoms with Gasteiger partial charge in [-0.3, -0.25) is 0 Å². The number of carbonyl (C=O) groups excluding carboxylic acids is 1. The van der Waals surface area contributed by atoms with Gasteiger partial charge in [-0.2, -0.15) is 0 Å². The molecule has 0 fully saturated rings. The summed E-state index contributed by atoms with van der Waals surface area (Å²) >= 11 is 0. The molecule has 0 amide bonds. The average molecular weight is 539 g/mol. The summed E-state index contributed by atoms with van der Waals surface area (Å²) in [7, 11) is 0. The third kappa shape index (κ3) is 3.96. The van der Waals surface area contributed by atoms with Crippen molar-refractivity contribution in [2.24, 2.45) is 0 Å². The lowest BCUT2D eigenvalue weighted by Crippen LogP contribution is -2.33. The lowest BCUT2D eigenvalue weighted by Gasteiger charge is -2.37. The molecule has 0 saturated carbocycles. The minimum absolute atomic E-state index is 0.337. The summed E-state index contributed by atoms with van der Waals surface area (Å²) in [5.74, 6) is 0.994. The number of carbonyl (C=O) groups is 1. The van der Waals surface area contributed by atoms with E-state index in [9.17, 15) is 4.79 Å². The average Bonchev–Trinajstić information content (AvgIpc) is 3.29. The van der Waals surface area contributed by atoms with Crippen molar-refractivity contribution in [3.8, 4) is 11.5 Å². The molecule has 1 atom stereocenters. The van der Waals surface area contributed by atoms with Crippen molar-refractivity contribution >= 4 is 28.7 Å². The number of fused-ring (bicyclic) bond motifs is 6. The van der Waals surface area contributed by atoms with Crippen LogP contribution in [-0.4, -0.2) is 12.5 Å². The van der Waals surface area contributed by atoms with Crippen LogP contribution in [0.5, 0.6) is 11.5 Å². The largest absolute Gasteiger partial charge is 0.456 e. The number of benzene rings is 5. The van der Waals surface area contributed by atoms with Gasteiger partial charge in [0.25, 0.3) is 0 Å². The first-order valence-electron chi connectivity index (χ1n) is 13.9. The summed E-state index contributed by atoms with van der Waals surface area (Å²) in [6.07, 6.45) is 0. The van der Waals surface area contributed by atoms with Gasteiger partial charge < -0.3 is 19.7 Å². The number of hydrogen-bond donors (Lipinski definition) is 1. The zero-order valence-corrected chi connectivity index (χ0v) is 23.3. The van der Waals surface area contributed by atoms with Gasteiger partial charge in [-0.25, -0.2) is 4.79 Å². The van der Waals surface area contributed by atoms with E-state index in [1.54, 1.807) is 0 Å². The second kappa shape index (κ2) is 9.56. The van der Waals surface area contributed by atoms with E-state index in [4.69, 9.17) is 9.47 Å². The van der Waals surface area contributed by atoms with Gasteiger partial charge in [0.1, 0.15) is 11.5 Å². The Kier molecular flexibility index (Phi) is 5.82. The van der Waals surface area contributed by atoms with Crippen molar-refractivity contribution in [1.29, 1.82) is 0 Å². The Morgan fingerprint density at radius 3 is 2.29 bits per heavy atom. The Hall–Kier alpha value is -5.03. The minimum Gasteiger partial charge on any atom is -0.456 e. The van der Waals surface area contributed by atoms with Crippen LogP contribution < -0.4 is 15.0 Å². The van der Waals surface area contributed by atoms with Crippen LogP contribution in [0.15, 0.2) is 109 Å². The molecule has 202 valence electrons. The fourth-order valence-corrected chi connectivity index (χ4v) is 6.01. The molecule has 1 unspecified atom stereocenters. The zero-order chi connectivity index (χ0) is 28.1. The molecule has 2 aliphatic heterocycles. The second-order valence-corrected chi connectivity index (χ2v) is 10.6. The molecule has 2 heterocycles. The molecule has 0 saturated heterocycles. The minimum atomic E-state index is -1.13. The maximum atomic E-state index is 13.3. The quantitative estimate of drug-likeness (QED) is 0.227. The van der Waals surface area contributed by atoms with Crippen LogP contribution in [0.3, 0.4) is 0 Å². The third-order valence-corrected chi connectivity index (χ3v) is 8.09. The van der Waals surface area contributed by atoms with E-state index >= 15 is 0 Å². The van der Waals surface area contributed by atoms with E-state index in [0.29, 0.717) is 17.1 Å². The molecular formula is C36H30N2O3. The topological polar surface area (TPSA) is 50.8 Å². The highest BCUT2D eigenvalue weighted by Gasteiger charge is 2.53. The molecule has 41 heavy (non-hydrogen) atoms. The molecule has 0 aliphatic carbocycles. The normalized spacial score (nSPS) is 16.3. The van der Waals surface area contributed by atoms with Crippen LogP contribution in [0.2, 0.25) is 0 Å². The highest BCUT2D eigenvalue weighted by molar-refractivity contribution is 5.97. The predicted octanol–water partition coefficient (Wildman–Crippen LogP) is 8.77. The fraction of sp³-hybridized carbons (Fsp3) is 0.139. The van der Waals surface area contributed by atoms with Crippen molar-refractivity contribution in [3.63, 3.8) is 0 Å². The van der Waals surface area contributed by atoms with Gasteiger partial charge in [-0.1, -0.05) is 54.1 Å². The molecular weight excluding hydrogens is 508 g/mol. The van der Waals surface area contributed by atoms with Gasteiger partial charge in [-0.15, -0.1) is 0 Å². The molecule has 7 rings (SSSR count). The van der Waals surface area contributed by atoms with E-state index in [0.717, 1.165) is 51.5 Å². The number of aryl methyl sites for hydroxylation is 2. The lowest BCUT2D eigenvalue weighted by molar-refractivity contribution is 0.0224. The van der Waals surface area contributed by atoms with E-state index in [1.165, 1.54) is 5.56 Å². The maximum absolute atomic E-state index is 13.3. The maximum Gasteiger partial charge on any atom is 0.340 e. The molecule has 0 radical (unpaired) electrons. The standard InChI is InChI=1S/C36H30N2O3/c1-4-38(26-16-13-23(2)14-17-26)27-18-19-30-34(22-27)40-33-20-15-25(37-32-12-8-5-9-24(32)3)21-31(33)36(30)29-11-7-6-10-28(29)35(39)41-36/h5-22,37H,4H2,1-3H3. The number of nitrogens with one attached hydrogen (secondary N) is 1. The number of nitrogens with zero attached hydrogens (tertiary/aromatic N) is 1. The van der Waals surface area contributed by atoms with Crippen LogP contribution in [0.1, 0.15) is 45.1 Å². The van der Waals surface area contributed by atoms with Gasteiger partial charge in [0.2, 0.25) is 0 Å². The molecule has 5 aromatic carbocycles. The number of ether oxygens (including phenoxy) is 2. The van der Waals surface area contributed by atoms with E-state index in [-0.39, 0.29) is 5.97 Å². The first-order valence-corrected chi connectivity index (χ1v) is 13.9. The van der Waals surface area contributed by atoms with E-state index in [1.807, 2.05) is 60.7 Å². The Morgan fingerprint density at radius 1 is 0.732 bits per heavy atom. The van der Waals surface area contributed by atoms with Gasteiger partial charge in [-0.05, 0) is 80.9 Å². The van der Waals surface area contributed by atoms with Crippen molar-refractivity contribution in [1.82, 2.24) is 0 Å². The van der Waals surface area contributed by atoms with Crippen molar-refractivity contribution < 1.29 is 14.3 Å². The van der Waals surface area contributed by atoms with Crippen molar-refractivity contribution in [3.05, 3.63) is 143 Å². The fourth-order valence-electron chi connectivity index (χ4n) is 6.01. The Balaban J connectivity index is 1.39. The van der Waals surface area contributed by atoms with Crippen LogP contribution in [0, 0.1) is 13.8 Å². The first-order chi connectivity index (χ1) is 20.0. The predicted molar refractivity (Wildman–Crippen MR) is 163 cm³/mol. The number of para-hydroxylation sites is 1. The smallest absolute Gasteiger partial charge is 0.340 e. The summed E-state index contributed by atoms with van der Waals surface area (Å²) < 4.78 is 13.0. The highest BCUT2D eigenvalue weighted by Crippen LogP contribution is 2.57. The summed E-state index contributed by atoms with van der Waals surface area (Å²) in [5.41, 5.74) is 8.24. The monoisotopic (exact) mass is 538 g/mol. The summed E-state index contributed by atoms with van der Waals surface area (Å²) in [6, 6.07) is 36.5. The summed E-state index contributed by atoms with van der Waals surface area (Å²) in [5, 5.41) is 3.54. The van der Waals surface area contributed by atoms with Gasteiger partial charge in [0.05, 0.1) is 5.56 Å². The second-order valence-electron chi connectivity index (χ2n) is 10.6. The van der Waals surface area contributed by atoms with E-state index in [2.05, 4.69) is 79.5 Å². The summed E-state index contributed by atoms with van der Waals surface area (Å²) in [4.78, 5) is 15.6. The lowest BCUT2D eigenvalue weighted by atomic mass is 9.77. The number of esters is 1. The molecule has 5 aromatic rings. The Bertz CT molecular complexity index is 1810. The Labute approximate surface area is 240 Å². The number of rotatable bonds is 5. The third-order valence-electron chi connectivity index (χ3n) is 8.09. The van der Waals surface area contributed by atoms with E-state index < -0.39 is 5.60 Å². The molecule has 0 bridgehead atoms. The van der Waals surface area contributed by atoms with Crippen LogP contribution in [0.25, 0.3) is 0 Å².